The minimum atomic E-state index is -0.205. The number of rotatable bonds is 8. The fourth-order valence-electron chi connectivity index (χ4n) is 2.20. The topological polar surface area (TPSA) is 41.1 Å². The van der Waals surface area contributed by atoms with Crippen molar-refractivity contribution >= 4 is 5.91 Å². The van der Waals surface area contributed by atoms with Gasteiger partial charge >= 0.3 is 0 Å². The van der Waals surface area contributed by atoms with Gasteiger partial charge in [-0.25, -0.2) is 4.39 Å². The Labute approximate surface area is 121 Å². The maximum atomic E-state index is 13.0. The zero-order valence-electron chi connectivity index (χ0n) is 12.6. The Hall–Kier alpha value is -1.42. The van der Waals surface area contributed by atoms with Crippen LogP contribution in [0, 0.1) is 12.7 Å². The molecular formula is C16H25FN2O. The van der Waals surface area contributed by atoms with Crippen LogP contribution in [0.25, 0.3) is 0 Å². The molecular weight excluding hydrogens is 255 g/mol. The normalized spacial score (nSPS) is 12.2. The van der Waals surface area contributed by atoms with Crippen molar-refractivity contribution in [1.29, 1.82) is 0 Å². The van der Waals surface area contributed by atoms with E-state index >= 15 is 0 Å². The van der Waals surface area contributed by atoms with E-state index in [9.17, 15) is 9.18 Å². The van der Waals surface area contributed by atoms with E-state index in [1.54, 1.807) is 6.07 Å². The summed E-state index contributed by atoms with van der Waals surface area (Å²) >= 11 is 0. The van der Waals surface area contributed by atoms with E-state index < -0.39 is 0 Å². The second kappa shape index (κ2) is 8.69. The largest absolute Gasteiger partial charge is 0.353 e. The Balaban J connectivity index is 2.23. The Bertz CT molecular complexity index is 434. The minimum absolute atomic E-state index is 0.0294. The summed E-state index contributed by atoms with van der Waals surface area (Å²) in [6.07, 6.45) is 2.86. The molecule has 0 spiro atoms. The van der Waals surface area contributed by atoms with Crippen LogP contribution in [0.4, 0.5) is 4.39 Å². The van der Waals surface area contributed by atoms with E-state index in [1.165, 1.54) is 12.1 Å². The van der Waals surface area contributed by atoms with E-state index in [4.69, 9.17) is 0 Å². The molecule has 20 heavy (non-hydrogen) atoms. The van der Waals surface area contributed by atoms with Gasteiger partial charge in [0.2, 0.25) is 5.91 Å². The molecule has 0 aliphatic heterocycles. The van der Waals surface area contributed by atoms with Crippen LogP contribution in [-0.2, 0) is 11.2 Å². The number of hydrogen-bond donors (Lipinski definition) is 2. The first kappa shape index (κ1) is 16.6. The molecule has 0 saturated heterocycles. The van der Waals surface area contributed by atoms with Gasteiger partial charge < -0.3 is 10.6 Å². The lowest BCUT2D eigenvalue weighted by atomic mass is 10.1. The fraction of sp³-hybridized carbons (Fsp3) is 0.562. The molecule has 0 heterocycles. The molecule has 4 heteroatoms. The van der Waals surface area contributed by atoms with Crippen LogP contribution >= 0.6 is 0 Å². The summed E-state index contributed by atoms with van der Waals surface area (Å²) in [6, 6.07) is 5.04. The van der Waals surface area contributed by atoms with Gasteiger partial charge in [-0.05, 0) is 56.5 Å². The van der Waals surface area contributed by atoms with E-state index in [2.05, 4.69) is 17.6 Å². The van der Waals surface area contributed by atoms with Crippen molar-refractivity contribution in [2.45, 2.75) is 46.1 Å². The molecule has 2 N–H and O–H groups in total. The summed E-state index contributed by atoms with van der Waals surface area (Å²) in [5.74, 6) is -0.176. The van der Waals surface area contributed by atoms with E-state index in [0.717, 1.165) is 30.4 Å². The number of carbonyl (C=O) groups is 1. The summed E-state index contributed by atoms with van der Waals surface area (Å²) in [5, 5.41) is 6.06. The van der Waals surface area contributed by atoms with Gasteiger partial charge in [0.05, 0.1) is 6.54 Å². The molecule has 1 aromatic rings. The predicted octanol–water partition coefficient (Wildman–Crippen LogP) is 2.57. The lowest BCUT2D eigenvalue weighted by molar-refractivity contribution is -0.120. The quantitative estimate of drug-likeness (QED) is 0.719. The highest BCUT2D eigenvalue weighted by molar-refractivity contribution is 5.78. The molecule has 112 valence electrons. The minimum Gasteiger partial charge on any atom is -0.353 e. The van der Waals surface area contributed by atoms with Crippen molar-refractivity contribution in [3.05, 3.63) is 35.1 Å². The van der Waals surface area contributed by atoms with Crippen molar-refractivity contribution in [2.75, 3.05) is 13.1 Å². The highest BCUT2D eigenvalue weighted by atomic mass is 19.1. The van der Waals surface area contributed by atoms with Crippen molar-refractivity contribution in [1.82, 2.24) is 10.6 Å². The average molecular weight is 280 g/mol. The first-order valence-electron chi connectivity index (χ1n) is 7.28. The highest BCUT2D eigenvalue weighted by Gasteiger charge is 2.06. The predicted molar refractivity (Wildman–Crippen MR) is 80.2 cm³/mol. The zero-order chi connectivity index (χ0) is 15.0. The maximum Gasteiger partial charge on any atom is 0.234 e. The first-order valence-corrected chi connectivity index (χ1v) is 7.28. The standard InChI is InChI=1S/C16H25FN2O/c1-4-5-13(3)19-16(20)11-18-9-8-14-6-7-15(17)10-12(14)2/h6-7,10,13,18H,4-5,8-9,11H2,1-3H3,(H,19,20). The van der Waals surface area contributed by atoms with Gasteiger partial charge in [0.1, 0.15) is 5.82 Å². The van der Waals surface area contributed by atoms with E-state index in [-0.39, 0.29) is 17.8 Å². The average Bonchev–Trinajstić information content (AvgIpc) is 2.36. The molecule has 0 saturated carbocycles. The number of carbonyl (C=O) groups excluding carboxylic acids is 1. The van der Waals surface area contributed by atoms with Crippen LogP contribution in [-0.4, -0.2) is 25.0 Å². The third-order valence-electron chi connectivity index (χ3n) is 3.29. The van der Waals surface area contributed by atoms with E-state index in [0.29, 0.717) is 13.1 Å². The number of aryl methyl sites for hydroxylation is 1. The van der Waals surface area contributed by atoms with Gasteiger partial charge in [0.15, 0.2) is 0 Å². The van der Waals surface area contributed by atoms with Gasteiger partial charge in [0, 0.05) is 6.04 Å². The molecule has 1 aromatic carbocycles. The number of benzene rings is 1. The summed E-state index contributed by atoms with van der Waals surface area (Å²) in [6.45, 7) is 7.06. The molecule has 0 aromatic heterocycles. The molecule has 0 aliphatic carbocycles. The smallest absolute Gasteiger partial charge is 0.234 e. The van der Waals surface area contributed by atoms with Gasteiger partial charge in [-0.3, -0.25) is 4.79 Å². The van der Waals surface area contributed by atoms with Crippen LogP contribution in [0.1, 0.15) is 37.8 Å². The van der Waals surface area contributed by atoms with Crippen LogP contribution in [0.2, 0.25) is 0 Å². The Morgan fingerprint density at radius 3 is 2.80 bits per heavy atom. The van der Waals surface area contributed by atoms with Gasteiger partial charge in [-0.1, -0.05) is 19.4 Å². The van der Waals surface area contributed by atoms with Gasteiger partial charge in [-0.2, -0.15) is 0 Å². The highest BCUT2D eigenvalue weighted by Crippen LogP contribution is 2.10. The second-order valence-electron chi connectivity index (χ2n) is 5.25. The molecule has 0 bridgehead atoms. The number of nitrogens with one attached hydrogen (secondary N) is 2. The summed E-state index contributed by atoms with van der Waals surface area (Å²) in [4.78, 5) is 11.6. The lowest BCUT2D eigenvalue weighted by Gasteiger charge is -2.13. The van der Waals surface area contributed by atoms with Crippen LogP contribution in [0.3, 0.4) is 0 Å². The van der Waals surface area contributed by atoms with Crippen molar-refractivity contribution in [2.24, 2.45) is 0 Å². The third kappa shape index (κ3) is 6.15. The van der Waals surface area contributed by atoms with Gasteiger partial charge in [0.25, 0.3) is 0 Å². The summed E-state index contributed by atoms with van der Waals surface area (Å²) in [7, 11) is 0. The summed E-state index contributed by atoms with van der Waals surface area (Å²) in [5.41, 5.74) is 2.06. The monoisotopic (exact) mass is 280 g/mol. The fourth-order valence-corrected chi connectivity index (χ4v) is 2.20. The maximum absolute atomic E-state index is 13.0. The van der Waals surface area contributed by atoms with Crippen molar-refractivity contribution in [3.63, 3.8) is 0 Å². The van der Waals surface area contributed by atoms with Crippen LogP contribution in [0.5, 0.6) is 0 Å². The van der Waals surface area contributed by atoms with E-state index in [1.807, 2.05) is 13.8 Å². The Morgan fingerprint density at radius 1 is 1.40 bits per heavy atom. The SMILES string of the molecule is CCCC(C)NC(=O)CNCCc1ccc(F)cc1C. The Kier molecular flexibility index (Phi) is 7.23. The first-order chi connectivity index (χ1) is 9.52. The Morgan fingerprint density at radius 2 is 2.15 bits per heavy atom. The second-order valence-corrected chi connectivity index (χ2v) is 5.25. The molecule has 1 atom stereocenters. The molecule has 3 nitrogen and oxygen atoms in total. The number of halogens is 1. The molecule has 1 unspecified atom stereocenters. The molecule has 0 fully saturated rings. The molecule has 0 radical (unpaired) electrons. The molecule has 1 rings (SSSR count). The van der Waals surface area contributed by atoms with Crippen molar-refractivity contribution in [3.8, 4) is 0 Å². The van der Waals surface area contributed by atoms with Crippen LogP contribution in [0.15, 0.2) is 18.2 Å². The summed E-state index contributed by atoms with van der Waals surface area (Å²) < 4.78 is 13.0. The number of amides is 1. The number of hydrogen-bond acceptors (Lipinski definition) is 2. The van der Waals surface area contributed by atoms with Crippen molar-refractivity contribution < 1.29 is 9.18 Å². The molecule has 0 aliphatic rings. The lowest BCUT2D eigenvalue weighted by Crippen LogP contribution is -2.39. The van der Waals surface area contributed by atoms with Crippen LogP contribution < -0.4 is 10.6 Å². The molecule has 1 amide bonds. The zero-order valence-corrected chi connectivity index (χ0v) is 12.6. The van der Waals surface area contributed by atoms with Gasteiger partial charge in [-0.15, -0.1) is 0 Å². The third-order valence-corrected chi connectivity index (χ3v) is 3.29.